The molecule has 162 valence electrons. The number of rotatable bonds is 6. The summed E-state index contributed by atoms with van der Waals surface area (Å²) in [5.74, 6) is 1.74. The predicted molar refractivity (Wildman–Crippen MR) is 116 cm³/mol. The smallest absolute Gasteiger partial charge is 0.257 e. The summed E-state index contributed by atoms with van der Waals surface area (Å²) in [6.45, 7) is 3.42. The number of carbonyl (C=O) groups excluding carboxylic acids is 1. The van der Waals surface area contributed by atoms with Gasteiger partial charge >= 0.3 is 0 Å². The lowest BCUT2D eigenvalue weighted by molar-refractivity contribution is 0.0702. The number of hydrogen-bond acceptors (Lipinski definition) is 7. The van der Waals surface area contributed by atoms with Crippen LogP contribution < -0.4 is 9.64 Å². The van der Waals surface area contributed by atoms with Crippen molar-refractivity contribution < 1.29 is 14.2 Å². The molecule has 0 aliphatic carbocycles. The van der Waals surface area contributed by atoms with Gasteiger partial charge in [0.15, 0.2) is 0 Å². The van der Waals surface area contributed by atoms with Gasteiger partial charge in [0, 0.05) is 39.3 Å². The van der Waals surface area contributed by atoms with Gasteiger partial charge in [-0.3, -0.25) is 4.79 Å². The number of piperidine rings is 1. The minimum absolute atomic E-state index is 0.0165. The van der Waals surface area contributed by atoms with Gasteiger partial charge in [0.05, 0.1) is 5.56 Å². The van der Waals surface area contributed by atoms with Crippen molar-refractivity contribution >= 4 is 11.7 Å². The summed E-state index contributed by atoms with van der Waals surface area (Å²) >= 11 is 0. The lowest BCUT2D eigenvalue weighted by atomic mass is 9.90. The Hall–Kier alpha value is -3.42. The number of benzene rings is 1. The van der Waals surface area contributed by atoms with E-state index in [0.29, 0.717) is 29.2 Å². The molecule has 0 N–H and O–H groups in total. The molecule has 1 aliphatic rings. The van der Waals surface area contributed by atoms with Crippen LogP contribution in [0, 0.1) is 6.92 Å². The number of para-hydroxylation sites is 1. The molecule has 3 aromatic rings. The van der Waals surface area contributed by atoms with E-state index < -0.39 is 0 Å². The highest BCUT2D eigenvalue weighted by atomic mass is 16.6. The van der Waals surface area contributed by atoms with E-state index in [9.17, 15) is 4.79 Å². The van der Waals surface area contributed by atoms with Crippen molar-refractivity contribution in [2.24, 2.45) is 0 Å². The summed E-state index contributed by atoms with van der Waals surface area (Å²) in [6.07, 6.45) is 3.86. The fourth-order valence-corrected chi connectivity index (χ4v) is 3.83. The van der Waals surface area contributed by atoms with Crippen LogP contribution in [0.1, 0.15) is 46.1 Å². The zero-order chi connectivity index (χ0) is 21.8. The molecule has 0 unspecified atom stereocenters. The van der Waals surface area contributed by atoms with Gasteiger partial charge in [-0.2, -0.15) is 0 Å². The highest BCUT2D eigenvalue weighted by molar-refractivity contribution is 5.97. The number of ether oxygens (including phenoxy) is 1. The molecule has 0 bridgehead atoms. The average molecular weight is 422 g/mol. The fraction of sp³-hybridized carbons (Fsp3) is 0.391. The number of likely N-dealkylation sites (tertiary alicyclic amines) is 1. The number of nitrogens with zero attached hydrogens (tertiary/aromatic N) is 5. The molecule has 0 radical (unpaired) electrons. The first-order chi connectivity index (χ1) is 15.0. The van der Waals surface area contributed by atoms with Crippen molar-refractivity contribution in [2.45, 2.75) is 32.3 Å². The van der Waals surface area contributed by atoms with E-state index in [1.54, 1.807) is 6.92 Å². The number of carbonyl (C=O) groups is 1. The molecule has 8 nitrogen and oxygen atoms in total. The lowest BCUT2D eigenvalue weighted by Gasteiger charge is -2.33. The molecule has 1 aromatic carbocycles. The Morgan fingerprint density at radius 1 is 1.26 bits per heavy atom. The van der Waals surface area contributed by atoms with E-state index in [2.05, 4.69) is 27.4 Å². The topological polar surface area (TPSA) is 84.6 Å². The molecule has 0 spiro atoms. The third-order valence-corrected chi connectivity index (χ3v) is 5.64. The molecular formula is C23H27N5O3. The second-order valence-electron chi connectivity index (χ2n) is 8.01. The molecular weight excluding hydrogens is 394 g/mol. The first kappa shape index (κ1) is 20.8. The average Bonchev–Trinajstić information content (AvgIpc) is 3.22. The predicted octanol–water partition coefficient (Wildman–Crippen LogP) is 3.44. The molecule has 2 aromatic heterocycles. The van der Waals surface area contributed by atoms with Gasteiger partial charge < -0.3 is 14.5 Å². The number of aromatic nitrogens is 3. The normalized spacial score (nSPS) is 16.2. The van der Waals surface area contributed by atoms with Crippen molar-refractivity contribution in [3.63, 3.8) is 0 Å². The third-order valence-electron chi connectivity index (χ3n) is 5.64. The number of amides is 1. The highest BCUT2D eigenvalue weighted by Gasteiger charge is 2.27. The van der Waals surface area contributed by atoms with E-state index in [1.807, 2.05) is 54.4 Å². The second kappa shape index (κ2) is 9.16. The standard InChI is InChI=1S/C23H27N5O3/c1-16-20(26-31-25-16)15-30-21-9-5-4-8-19(21)23(29)28-12-6-7-18(14-28)17-10-11-24-22(13-17)27(2)3/h4-5,8-11,13,18H,6-7,12,14-15H2,1-3H3/t18-/m0/s1. The summed E-state index contributed by atoms with van der Waals surface area (Å²) in [7, 11) is 3.96. The number of pyridine rings is 1. The molecule has 1 amide bonds. The Balaban J connectivity index is 1.49. The van der Waals surface area contributed by atoms with Crippen molar-refractivity contribution in [3.8, 4) is 5.75 Å². The van der Waals surface area contributed by atoms with Crippen LogP contribution in [0.5, 0.6) is 5.75 Å². The van der Waals surface area contributed by atoms with Crippen LogP contribution in [0.15, 0.2) is 47.2 Å². The van der Waals surface area contributed by atoms with Gasteiger partial charge in [-0.25, -0.2) is 9.61 Å². The highest BCUT2D eigenvalue weighted by Crippen LogP contribution is 2.30. The van der Waals surface area contributed by atoms with Crippen molar-refractivity contribution in [1.82, 2.24) is 20.2 Å². The van der Waals surface area contributed by atoms with Gasteiger partial charge in [-0.05, 0) is 49.6 Å². The largest absolute Gasteiger partial charge is 0.486 e. The number of hydrogen-bond donors (Lipinski definition) is 0. The van der Waals surface area contributed by atoms with Crippen LogP contribution in [0.3, 0.4) is 0 Å². The quantitative estimate of drug-likeness (QED) is 0.603. The molecule has 3 heterocycles. The molecule has 1 atom stereocenters. The summed E-state index contributed by atoms with van der Waals surface area (Å²) in [5.41, 5.74) is 3.07. The molecule has 0 saturated carbocycles. The molecule has 4 rings (SSSR count). The van der Waals surface area contributed by atoms with Crippen LogP contribution in [0.2, 0.25) is 0 Å². The number of anilines is 1. The second-order valence-corrected chi connectivity index (χ2v) is 8.01. The minimum Gasteiger partial charge on any atom is -0.486 e. The van der Waals surface area contributed by atoms with Crippen LogP contribution in [-0.2, 0) is 6.61 Å². The third kappa shape index (κ3) is 4.68. The summed E-state index contributed by atoms with van der Waals surface area (Å²) < 4.78 is 10.6. The van der Waals surface area contributed by atoms with Crippen molar-refractivity contribution in [2.75, 3.05) is 32.1 Å². The molecule has 1 saturated heterocycles. The lowest BCUT2D eigenvalue weighted by Crippen LogP contribution is -2.39. The van der Waals surface area contributed by atoms with E-state index in [0.717, 1.165) is 25.2 Å². The van der Waals surface area contributed by atoms with Crippen molar-refractivity contribution in [1.29, 1.82) is 0 Å². The van der Waals surface area contributed by atoms with Crippen LogP contribution in [0.4, 0.5) is 5.82 Å². The Morgan fingerprint density at radius 3 is 2.87 bits per heavy atom. The first-order valence-corrected chi connectivity index (χ1v) is 10.5. The zero-order valence-corrected chi connectivity index (χ0v) is 18.1. The molecule has 8 heteroatoms. The summed E-state index contributed by atoms with van der Waals surface area (Å²) in [6, 6.07) is 11.5. The van der Waals surface area contributed by atoms with Gasteiger partial charge in [0.1, 0.15) is 29.6 Å². The Kier molecular flexibility index (Phi) is 6.16. The van der Waals surface area contributed by atoms with E-state index in [4.69, 9.17) is 9.37 Å². The van der Waals surface area contributed by atoms with Crippen LogP contribution in [0.25, 0.3) is 0 Å². The number of aryl methyl sites for hydroxylation is 1. The maximum Gasteiger partial charge on any atom is 0.257 e. The van der Waals surface area contributed by atoms with E-state index in [-0.39, 0.29) is 18.4 Å². The molecule has 1 fully saturated rings. The Morgan fingerprint density at radius 2 is 2.10 bits per heavy atom. The van der Waals surface area contributed by atoms with Gasteiger partial charge in [-0.1, -0.05) is 22.4 Å². The minimum atomic E-state index is -0.0165. The van der Waals surface area contributed by atoms with Crippen LogP contribution in [-0.4, -0.2) is 53.3 Å². The maximum atomic E-state index is 13.4. The zero-order valence-electron chi connectivity index (χ0n) is 18.1. The van der Waals surface area contributed by atoms with Crippen LogP contribution >= 0.6 is 0 Å². The first-order valence-electron chi connectivity index (χ1n) is 10.5. The summed E-state index contributed by atoms with van der Waals surface area (Å²) in [4.78, 5) is 21.7. The van der Waals surface area contributed by atoms with Crippen molar-refractivity contribution in [3.05, 3.63) is 65.1 Å². The summed E-state index contributed by atoms with van der Waals surface area (Å²) in [5, 5.41) is 7.61. The monoisotopic (exact) mass is 421 g/mol. The van der Waals surface area contributed by atoms with Gasteiger partial charge in [0.2, 0.25) is 0 Å². The molecule has 31 heavy (non-hydrogen) atoms. The van der Waals surface area contributed by atoms with E-state index in [1.165, 1.54) is 5.56 Å². The van der Waals surface area contributed by atoms with Gasteiger partial charge in [0.25, 0.3) is 5.91 Å². The van der Waals surface area contributed by atoms with Gasteiger partial charge in [-0.15, -0.1) is 0 Å². The van der Waals surface area contributed by atoms with E-state index >= 15 is 0 Å². The Bertz CT molecular complexity index is 1050. The maximum absolute atomic E-state index is 13.4. The molecule has 1 aliphatic heterocycles. The Labute approximate surface area is 181 Å². The SMILES string of the molecule is Cc1nonc1COc1ccccc1C(=O)N1CCC[C@H](c2ccnc(N(C)C)c2)C1. The fourth-order valence-electron chi connectivity index (χ4n) is 3.83.